The van der Waals surface area contributed by atoms with Gasteiger partial charge in [-0.15, -0.1) is 0 Å². The summed E-state index contributed by atoms with van der Waals surface area (Å²) < 4.78 is 1.15. The summed E-state index contributed by atoms with van der Waals surface area (Å²) in [5, 5.41) is 10.9. The van der Waals surface area contributed by atoms with E-state index in [1.54, 1.807) is 12.4 Å². The van der Waals surface area contributed by atoms with Crippen molar-refractivity contribution < 1.29 is 5.21 Å². The van der Waals surface area contributed by atoms with Gasteiger partial charge in [0, 0.05) is 17.8 Å². The molecule has 4 nitrogen and oxygen atoms in total. The van der Waals surface area contributed by atoms with E-state index in [2.05, 4.69) is 9.97 Å². The van der Waals surface area contributed by atoms with Crippen molar-refractivity contribution in [2.24, 2.45) is 0 Å². The standard InChI is InChI=1S/C11H9N3O/c15-14-9-4-2-1-3-8(9)7-10(14)11-12-5-6-13-11/h1-7,15H,(H,12,13). The number of aromatic amines is 1. The Balaban J connectivity index is 2.33. The molecule has 15 heavy (non-hydrogen) atoms. The summed E-state index contributed by atoms with van der Waals surface area (Å²) in [6, 6.07) is 9.54. The van der Waals surface area contributed by atoms with Crippen molar-refractivity contribution in [3.63, 3.8) is 0 Å². The third kappa shape index (κ3) is 1.11. The maximum Gasteiger partial charge on any atom is 0.157 e. The maximum absolute atomic E-state index is 9.92. The van der Waals surface area contributed by atoms with E-state index in [4.69, 9.17) is 0 Å². The first-order valence-corrected chi connectivity index (χ1v) is 4.66. The highest BCUT2D eigenvalue weighted by Gasteiger charge is 2.10. The van der Waals surface area contributed by atoms with E-state index in [1.165, 1.54) is 0 Å². The highest BCUT2D eigenvalue weighted by Crippen LogP contribution is 2.23. The average molecular weight is 199 g/mol. The van der Waals surface area contributed by atoms with Crippen LogP contribution in [0.2, 0.25) is 0 Å². The molecule has 3 aromatic rings. The lowest BCUT2D eigenvalue weighted by Crippen LogP contribution is -1.93. The molecule has 2 heterocycles. The molecule has 0 bridgehead atoms. The summed E-state index contributed by atoms with van der Waals surface area (Å²) in [4.78, 5) is 7.07. The topological polar surface area (TPSA) is 53.8 Å². The Morgan fingerprint density at radius 3 is 2.87 bits per heavy atom. The SMILES string of the molecule is On1c(-c2ncc[nH]2)cc2ccccc21. The Bertz CT molecular complexity index is 595. The number of para-hydroxylation sites is 1. The summed E-state index contributed by atoms with van der Waals surface area (Å²) >= 11 is 0. The number of hydrogen-bond donors (Lipinski definition) is 2. The Morgan fingerprint density at radius 2 is 2.13 bits per heavy atom. The highest BCUT2D eigenvalue weighted by atomic mass is 16.5. The monoisotopic (exact) mass is 199 g/mol. The number of imidazole rings is 1. The van der Waals surface area contributed by atoms with Crippen LogP contribution in [0.1, 0.15) is 0 Å². The van der Waals surface area contributed by atoms with E-state index in [9.17, 15) is 5.21 Å². The van der Waals surface area contributed by atoms with Crippen molar-refractivity contribution in [3.8, 4) is 11.5 Å². The Labute approximate surface area is 85.8 Å². The zero-order valence-electron chi connectivity index (χ0n) is 7.88. The summed E-state index contributed by atoms with van der Waals surface area (Å²) in [7, 11) is 0. The summed E-state index contributed by atoms with van der Waals surface area (Å²) in [6.07, 6.45) is 3.39. The van der Waals surface area contributed by atoms with Crippen molar-refractivity contribution in [1.82, 2.24) is 14.7 Å². The first-order valence-electron chi connectivity index (χ1n) is 4.66. The van der Waals surface area contributed by atoms with Gasteiger partial charge in [-0.25, -0.2) is 4.98 Å². The number of benzene rings is 1. The van der Waals surface area contributed by atoms with Crippen molar-refractivity contribution in [1.29, 1.82) is 0 Å². The van der Waals surface area contributed by atoms with Gasteiger partial charge in [0.15, 0.2) is 5.82 Å². The Morgan fingerprint density at radius 1 is 1.27 bits per heavy atom. The van der Waals surface area contributed by atoms with Gasteiger partial charge in [-0.2, -0.15) is 4.73 Å². The molecule has 0 aliphatic heterocycles. The van der Waals surface area contributed by atoms with Crippen LogP contribution in [0.15, 0.2) is 42.7 Å². The lowest BCUT2D eigenvalue weighted by Gasteiger charge is -1.98. The maximum atomic E-state index is 9.92. The van der Waals surface area contributed by atoms with Gasteiger partial charge in [0.05, 0.1) is 5.52 Å². The summed E-state index contributed by atoms with van der Waals surface area (Å²) in [6.45, 7) is 0. The Hall–Kier alpha value is -2.23. The molecule has 0 aliphatic rings. The molecule has 0 amide bonds. The van der Waals surface area contributed by atoms with Gasteiger partial charge in [0.2, 0.25) is 0 Å². The second kappa shape index (κ2) is 2.88. The van der Waals surface area contributed by atoms with Crippen molar-refractivity contribution >= 4 is 10.9 Å². The van der Waals surface area contributed by atoms with E-state index in [0.29, 0.717) is 11.5 Å². The van der Waals surface area contributed by atoms with Crippen LogP contribution >= 0.6 is 0 Å². The summed E-state index contributed by atoms with van der Waals surface area (Å²) in [5.74, 6) is 0.661. The number of rotatable bonds is 1. The largest absolute Gasteiger partial charge is 0.428 e. The minimum absolute atomic E-state index is 0.661. The second-order valence-corrected chi connectivity index (χ2v) is 3.34. The zero-order valence-corrected chi connectivity index (χ0v) is 7.88. The number of nitrogens with one attached hydrogen (secondary N) is 1. The molecule has 0 radical (unpaired) electrons. The predicted molar refractivity (Wildman–Crippen MR) is 56.7 cm³/mol. The molecule has 74 valence electrons. The van der Waals surface area contributed by atoms with Crippen LogP contribution in [0.3, 0.4) is 0 Å². The van der Waals surface area contributed by atoms with Crippen LogP contribution in [0.5, 0.6) is 0 Å². The van der Waals surface area contributed by atoms with Gasteiger partial charge < -0.3 is 10.2 Å². The first kappa shape index (κ1) is 8.11. The highest BCUT2D eigenvalue weighted by molar-refractivity contribution is 5.85. The normalized spacial score (nSPS) is 10.9. The van der Waals surface area contributed by atoms with E-state index >= 15 is 0 Å². The molecule has 1 aromatic carbocycles. The first-order chi connectivity index (χ1) is 7.36. The quantitative estimate of drug-likeness (QED) is 0.590. The molecule has 0 aliphatic carbocycles. The molecule has 2 aromatic heterocycles. The number of hydrogen-bond acceptors (Lipinski definition) is 2. The van der Waals surface area contributed by atoms with Crippen LogP contribution in [-0.2, 0) is 0 Å². The molecule has 0 fully saturated rings. The number of nitrogens with zero attached hydrogens (tertiary/aromatic N) is 2. The molecule has 2 N–H and O–H groups in total. The summed E-state index contributed by atoms with van der Waals surface area (Å²) in [5.41, 5.74) is 1.45. The fourth-order valence-electron chi connectivity index (χ4n) is 1.71. The fraction of sp³-hybridized carbons (Fsp3) is 0. The Kier molecular flexibility index (Phi) is 1.56. The van der Waals surface area contributed by atoms with Crippen molar-refractivity contribution in [3.05, 3.63) is 42.7 Å². The molecule has 4 heteroatoms. The number of aromatic nitrogens is 3. The molecular formula is C11H9N3O. The average Bonchev–Trinajstić information content (AvgIpc) is 2.87. The fourth-order valence-corrected chi connectivity index (χ4v) is 1.71. The van der Waals surface area contributed by atoms with Crippen LogP contribution in [-0.4, -0.2) is 19.9 Å². The van der Waals surface area contributed by atoms with Crippen molar-refractivity contribution in [2.45, 2.75) is 0 Å². The minimum Gasteiger partial charge on any atom is -0.428 e. The van der Waals surface area contributed by atoms with Crippen LogP contribution in [0.25, 0.3) is 22.4 Å². The van der Waals surface area contributed by atoms with Gasteiger partial charge >= 0.3 is 0 Å². The predicted octanol–water partition coefficient (Wildman–Crippen LogP) is 2.27. The molecular weight excluding hydrogens is 190 g/mol. The van der Waals surface area contributed by atoms with E-state index in [1.807, 2.05) is 30.3 Å². The number of fused-ring (bicyclic) bond motifs is 1. The zero-order chi connectivity index (χ0) is 10.3. The van der Waals surface area contributed by atoms with Crippen LogP contribution in [0.4, 0.5) is 0 Å². The van der Waals surface area contributed by atoms with Crippen molar-refractivity contribution in [2.75, 3.05) is 0 Å². The van der Waals surface area contributed by atoms with E-state index < -0.39 is 0 Å². The van der Waals surface area contributed by atoms with E-state index in [0.717, 1.165) is 15.6 Å². The van der Waals surface area contributed by atoms with Gasteiger partial charge in [0.1, 0.15) is 5.69 Å². The molecule has 0 saturated heterocycles. The van der Waals surface area contributed by atoms with Gasteiger partial charge in [0.25, 0.3) is 0 Å². The lowest BCUT2D eigenvalue weighted by atomic mass is 10.2. The molecule has 3 rings (SSSR count). The van der Waals surface area contributed by atoms with Gasteiger partial charge in [-0.3, -0.25) is 0 Å². The third-order valence-electron chi connectivity index (χ3n) is 2.43. The second-order valence-electron chi connectivity index (χ2n) is 3.34. The van der Waals surface area contributed by atoms with E-state index in [-0.39, 0.29) is 0 Å². The van der Waals surface area contributed by atoms with Gasteiger partial charge in [-0.05, 0) is 12.1 Å². The third-order valence-corrected chi connectivity index (χ3v) is 2.43. The molecule has 0 unspecified atom stereocenters. The molecule has 0 spiro atoms. The molecule has 0 atom stereocenters. The smallest absolute Gasteiger partial charge is 0.157 e. The van der Waals surface area contributed by atoms with Crippen LogP contribution < -0.4 is 0 Å². The van der Waals surface area contributed by atoms with Crippen LogP contribution in [0, 0.1) is 0 Å². The molecule has 0 saturated carbocycles. The minimum atomic E-state index is 0.661. The van der Waals surface area contributed by atoms with Gasteiger partial charge in [-0.1, -0.05) is 18.2 Å². The lowest BCUT2D eigenvalue weighted by molar-refractivity contribution is 0.204. The number of H-pyrrole nitrogens is 1.